The Kier molecular flexibility index (Phi) is 3.55. The van der Waals surface area contributed by atoms with Crippen molar-refractivity contribution in [2.75, 3.05) is 20.3 Å². The maximum Gasteiger partial charge on any atom is 0.0714 e. The van der Waals surface area contributed by atoms with Crippen molar-refractivity contribution in [1.82, 2.24) is 9.88 Å². The molecule has 102 valence electrons. The highest BCUT2D eigenvalue weighted by atomic mass is 16.5. The van der Waals surface area contributed by atoms with Crippen LogP contribution in [0.4, 0.5) is 0 Å². The third-order valence-electron chi connectivity index (χ3n) is 4.08. The van der Waals surface area contributed by atoms with E-state index in [-0.39, 0.29) is 18.8 Å². The van der Waals surface area contributed by atoms with Gasteiger partial charge < -0.3 is 14.8 Å². The summed E-state index contributed by atoms with van der Waals surface area (Å²) < 4.78 is 5.42. The van der Waals surface area contributed by atoms with E-state index < -0.39 is 0 Å². The number of methoxy groups -OCH3 is 1. The van der Waals surface area contributed by atoms with Crippen LogP contribution >= 0.6 is 0 Å². The average molecular weight is 260 g/mol. The minimum Gasteiger partial charge on any atom is -0.395 e. The molecule has 0 spiro atoms. The van der Waals surface area contributed by atoms with Gasteiger partial charge in [0, 0.05) is 38.0 Å². The molecular weight excluding hydrogens is 240 g/mol. The van der Waals surface area contributed by atoms with E-state index in [0.717, 1.165) is 19.5 Å². The maximum atomic E-state index is 9.50. The number of benzene rings is 1. The van der Waals surface area contributed by atoms with Gasteiger partial charge in [-0.2, -0.15) is 0 Å². The van der Waals surface area contributed by atoms with Crippen molar-refractivity contribution in [3.05, 3.63) is 36.0 Å². The molecular formula is C15H20N2O2. The molecule has 2 heterocycles. The van der Waals surface area contributed by atoms with Gasteiger partial charge in [-0.05, 0) is 23.4 Å². The van der Waals surface area contributed by atoms with Gasteiger partial charge in [0.05, 0.1) is 12.7 Å². The van der Waals surface area contributed by atoms with Crippen LogP contribution in [0.25, 0.3) is 10.9 Å². The van der Waals surface area contributed by atoms with Gasteiger partial charge in [-0.1, -0.05) is 18.2 Å². The van der Waals surface area contributed by atoms with Crippen LogP contribution in [-0.4, -0.2) is 47.4 Å². The number of H-pyrrole nitrogens is 1. The molecule has 0 radical (unpaired) electrons. The monoisotopic (exact) mass is 260 g/mol. The Morgan fingerprint density at radius 3 is 3.11 bits per heavy atom. The second kappa shape index (κ2) is 5.33. The van der Waals surface area contributed by atoms with Gasteiger partial charge in [0.2, 0.25) is 0 Å². The van der Waals surface area contributed by atoms with Crippen LogP contribution < -0.4 is 0 Å². The highest BCUT2D eigenvalue weighted by molar-refractivity contribution is 5.82. The average Bonchev–Trinajstić information content (AvgIpc) is 3.05. The first-order chi connectivity index (χ1) is 9.31. The Balaban J connectivity index is 1.82. The van der Waals surface area contributed by atoms with Gasteiger partial charge in [0.1, 0.15) is 0 Å². The van der Waals surface area contributed by atoms with Crippen LogP contribution in [0.5, 0.6) is 0 Å². The largest absolute Gasteiger partial charge is 0.395 e. The zero-order valence-corrected chi connectivity index (χ0v) is 11.2. The lowest BCUT2D eigenvalue weighted by atomic mass is 10.1. The summed E-state index contributed by atoms with van der Waals surface area (Å²) in [5, 5.41) is 10.7. The number of aromatic nitrogens is 1. The number of aliphatic hydroxyl groups is 1. The van der Waals surface area contributed by atoms with Crippen molar-refractivity contribution in [1.29, 1.82) is 0 Å². The lowest BCUT2D eigenvalue weighted by Crippen LogP contribution is -2.32. The van der Waals surface area contributed by atoms with E-state index in [2.05, 4.69) is 34.1 Å². The standard InChI is InChI=1S/C15H20N2O2/c1-19-14-7-13(10-18)17(9-14)8-12-4-2-3-11-5-6-16-15(11)12/h2-6,13-14,16,18H,7-10H2,1H3/t13-,14+/m0/s1. The van der Waals surface area contributed by atoms with E-state index in [9.17, 15) is 5.11 Å². The predicted molar refractivity (Wildman–Crippen MR) is 75.0 cm³/mol. The number of hydrogen-bond acceptors (Lipinski definition) is 3. The van der Waals surface area contributed by atoms with Crippen molar-refractivity contribution in [2.24, 2.45) is 0 Å². The number of rotatable bonds is 4. The topological polar surface area (TPSA) is 48.5 Å². The summed E-state index contributed by atoms with van der Waals surface area (Å²) in [5.41, 5.74) is 2.47. The molecule has 4 heteroatoms. The van der Waals surface area contributed by atoms with Gasteiger partial charge in [-0.25, -0.2) is 0 Å². The third-order valence-corrected chi connectivity index (χ3v) is 4.08. The number of nitrogens with one attached hydrogen (secondary N) is 1. The molecule has 1 aliphatic rings. The highest BCUT2D eigenvalue weighted by Crippen LogP contribution is 2.25. The van der Waals surface area contributed by atoms with Crippen LogP contribution in [0.1, 0.15) is 12.0 Å². The molecule has 1 saturated heterocycles. The minimum atomic E-state index is 0.195. The first-order valence-electron chi connectivity index (χ1n) is 6.74. The van der Waals surface area contributed by atoms with E-state index in [1.165, 1.54) is 16.5 Å². The summed E-state index contributed by atoms with van der Waals surface area (Å²) in [7, 11) is 1.74. The number of hydrogen-bond donors (Lipinski definition) is 2. The molecule has 0 amide bonds. The van der Waals surface area contributed by atoms with Crippen molar-refractivity contribution in [3.63, 3.8) is 0 Å². The highest BCUT2D eigenvalue weighted by Gasteiger charge is 2.31. The van der Waals surface area contributed by atoms with Crippen LogP contribution in [0.2, 0.25) is 0 Å². The van der Waals surface area contributed by atoms with E-state index in [0.29, 0.717) is 0 Å². The quantitative estimate of drug-likeness (QED) is 0.880. The Morgan fingerprint density at radius 2 is 2.32 bits per heavy atom. The maximum absolute atomic E-state index is 9.50. The summed E-state index contributed by atoms with van der Waals surface area (Å²) in [4.78, 5) is 5.61. The Hall–Kier alpha value is -1.36. The van der Waals surface area contributed by atoms with Crippen LogP contribution in [0.3, 0.4) is 0 Å². The first kappa shape index (κ1) is 12.7. The van der Waals surface area contributed by atoms with Gasteiger partial charge in [0.25, 0.3) is 0 Å². The number of ether oxygens (including phenoxy) is 1. The zero-order chi connectivity index (χ0) is 13.2. The molecule has 1 aromatic carbocycles. The molecule has 0 aliphatic carbocycles. The van der Waals surface area contributed by atoms with Gasteiger partial charge in [-0.3, -0.25) is 4.90 Å². The summed E-state index contributed by atoms with van der Waals surface area (Å²) in [5.74, 6) is 0. The van der Waals surface area contributed by atoms with Crippen molar-refractivity contribution >= 4 is 10.9 Å². The Morgan fingerprint density at radius 1 is 1.42 bits per heavy atom. The van der Waals surface area contributed by atoms with E-state index >= 15 is 0 Å². The summed E-state index contributed by atoms with van der Waals surface area (Å²) in [6.07, 6.45) is 3.12. The lowest BCUT2D eigenvalue weighted by molar-refractivity contribution is 0.107. The van der Waals surface area contributed by atoms with Crippen LogP contribution in [0, 0.1) is 0 Å². The smallest absolute Gasteiger partial charge is 0.0714 e. The Labute approximate surface area is 113 Å². The first-order valence-corrected chi connectivity index (χ1v) is 6.74. The number of likely N-dealkylation sites (tertiary alicyclic amines) is 1. The molecule has 0 bridgehead atoms. The molecule has 3 rings (SSSR count). The number of aromatic amines is 1. The predicted octanol–water partition coefficient (Wildman–Crippen LogP) is 1.75. The number of nitrogens with zero attached hydrogens (tertiary/aromatic N) is 1. The second-order valence-corrected chi connectivity index (χ2v) is 5.22. The third kappa shape index (κ3) is 2.39. The van der Waals surface area contributed by atoms with Crippen LogP contribution in [0.15, 0.2) is 30.5 Å². The second-order valence-electron chi connectivity index (χ2n) is 5.22. The Bertz CT molecular complexity index is 552. The van der Waals surface area contributed by atoms with Gasteiger partial charge in [-0.15, -0.1) is 0 Å². The van der Waals surface area contributed by atoms with E-state index in [4.69, 9.17) is 4.74 Å². The molecule has 19 heavy (non-hydrogen) atoms. The molecule has 2 aromatic rings. The summed E-state index contributed by atoms with van der Waals surface area (Å²) >= 11 is 0. The summed E-state index contributed by atoms with van der Waals surface area (Å²) in [6.45, 7) is 1.93. The van der Waals surface area contributed by atoms with Crippen LogP contribution in [-0.2, 0) is 11.3 Å². The van der Waals surface area contributed by atoms with Crippen molar-refractivity contribution in [2.45, 2.75) is 25.1 Å². The minimum absolute atomic E-state index is 0.195. The summed E-state index contributed by atoms with van der Waals surface area (Å²) in [6, 6.07) is 8.64. The number of para-hydroxylation sites is 1. The molecule has 0 saturated carbocycles. The fourth-order valence-corrected chi connectivity index (χ4v) is 2.99. The van der Waals surface area contributed by atoms with E-state index in [1.807, 2.05) is 6.20 Å². The van der Waals surface area contributed by atoms with Crippen molar-refractivity contribution < 1.29 is 9.84 Å². The molecule has 4 nitrogen and oxygen atoms in total. The van der Waals surface area contributed by atoms with E-state index in [1.54, 1.807) is 7.11 Å². The normalized spacial score (nSPS) is 24.3. The van der Waals surface area contributed by atoms with Gasteiger partial charge in [0.15, 0.2) is 0 Å². The van der Waals surface area contributed by atoms with Crippen molar-refractivity contribution in [3.8, 4) is 0 Å². The number of fused-ring (bicyclic) bond motifs is 1. The SMILES string of the molecule is CO[C@@H]1C[C@@H](CO)N(Cc2cccc3cc[nH]c23)C1. The van der Waals surface area contributed by atoms with Gasteiger partial charge >= 0.3 is 0 Å². The molecule has 2 atom stereocenters. The zero-order valence-electron chi connectivity index (χ0n) is 11.2. The fraction of sp³-hybridized carbons (Fsp3) is 0.467. The number of aliphatic hydroxyl groups excluding tert-OH is 1. The molecule has 1 aliphatic heterocycles. The molecule has 2 N–H and O–H groups in total. The molecule has 1 fully saturated rings. The lowest BCUT2D eigenvalue weighted by Gasteiger charge is -2.22. The molecule has 1 aromatic heterocycles. The molecule has 0 unspecified atom stereocenters. The fourth-order valence-electron chi connectivity index (χ4n) is 2.99.